The molecule has 0 saturated carbocycles. The van der Waals surface area contributed by atoms with E-state index in [1.54, 1.807) is 18.2 Å². The maximum Gasteiger partial charge on any atom is 0.418 e. The summed E-state index contributed by atoms with van der Waals surface area (Å²) in [6.07, 6.45) is -4.73. The van der Waals surface area contributed by atoms with Crippen molar-refractivity contribution in [2.75, 3.05) is 36.0 Å². The summed E-state index contributed by atoms with van der Waals surface area (Å²) in [5.74, 6) is -0.174. The molecule has 1 fully saturated rings. The molecule has 7 nitrogen and oxygen atoms in total. The van der Waals surface area contributed by atoms with Gasteiger partial charge in [-0.3, -0.25) is 14.9 Å². The first kappa shape index (κ1) is 21.1. The summed E-state index contributed by atoms with van der Waals surface area (Å²) >= 11 is 0. The van der Waals surface area contributed by atoms with Crippen molar-refractivity contribution in [2.24, 2.45) is 0 Å². The third-order valence-corrected chi connectivity index (χ3v) is 4.96. The Morgan fingerprint density at radius 1 is 1.07 bits per heavy atom. The molecule has 0 bridgehead atoms. The molecular formula is C20H17F3N4O3. The Morgan fingerprint density at radius 3 is 2.17 bits per heavy atom. The molecule has 2 aromatic rings. The van der Waals surface area contributed by atoms with Gasteiger partial charge in [0.05, 0.1) is 22.1 Å². The van der Waals surface area contributed by atoms with E-state index in [1.807, 2.05) is 11.0 Å². The number of alkyl halides is 3. The lowest BCUT2D eigenvalue weighted by Crippen LogP contribution is -2.47. The van der Waals surface area contributed by atoms with Crippen LogP contribution in [0.2, 0.25) is 0 Å². The third-order valence-electron chi connectivity index (χ3n) is 4.96. The Labute approximate surface area is 170 Å². The first-order chi connectivity index (χ1) is 14.1. The van der Waals surface area contributed by atoms with Crippen molar-refractivity contribution >= 4 is 22.8 Å². The summed E-state index contributed by atoms with van der Waals surface area (Å²) < 4.78 is 40.5. The van der Waals surface area contributed by atoms with E-state index in [-0.39, 0.29) is 24.6 Å². The van der Waals surface area contributed by atoms with Crippen LogP contribution in [-0.4, -0.2) is 36.9 Å². The van der Waals surface area contributed by atoms with Crippen LogP contribution >= 0.6 is 0 Å². The predicted molar refractivity (Wildman–Crippen MR) is 104 cm³/mol. The topological polar surface area (TPSA) is 90.5 Å². The van der Waals surface area contributed by atoms with Gasteiger partial charge in [-0.25, -0.2) is 0 Å². The highest BCUT2D eigenvalue weighted by Crippen LogP contribution is 2.39. The molecule has 1 saturated heterocycles. The normalized spacial score (nSPS) is 14.4. The van der Waals surface area contributed by atoms with E-state index in [0.717, 1.165) is 12.1 Å². The molecule has 3 rings (SSSR count). The molecule has 1 aliphatic rings. The lowest BCUT2D eigenvalue weighted by Gasteiger charge is -2.38. The molecule has 0 amide bonds. The molecule has 2 aromatic carbocycles. The van der Waals surface area contributed by atoms with E-state index in [1.165, 1.54) is 11.8 Å². The van der Waals surface area contributed by atoms with Crippen molar-refractivity contribution in [1.82, 2.24) is 0 Å². The molecule has 10 heteroatoms. The van der Waals surface area contributed by atoms with Gasteiger partial charge in [0.1, 0.15) is 0 Å². The molecule has 1 aliphatic heterocycles. The van der Waals surface area contributed by atoms with E-state index in [9.17, 15) is 28.1 Å². The second-order valence-electron chi connectivity index (χ2n) is 6.83. The average molecular weight is 418 g/mol. The number of benzene rings is 2. The predicted octanol–water partition coefficient (Wildman–Crippen LogP) is 4.01. The van der Waals surface area contributed by atoms with Crippen LogP contribution in [0.15, 0.2) is 36.4 Å². The standard InChI is InChI=1S/C20H17F3N4O3/c1-13(28)16-4-2-14(12-24)10-19(16)26-8-6-25(7-9-26)18-5-3-15(27(29)30)11-17(18)20(21,22)23/h2-5,10-11H,6-9H2,1H3. The Hall–Kier alpha value is -3.61. The fourth-order valence-electron chi connectivity index (χ4n) is 3.49. The van der Waals surface area contributed by atoms with Crippen LogP contribution in [0.4, 0.5) is 30.2 Å². The van der Waals surface area contributed by atoms with Gasteiger partial charge in [-0.2, -0.15) is 18.4 Å². The van der Waals surface area contributed by atoms with Crippen LogP contribution in [0.5, 0.6) is 0 Å². The second-order valence-corrected chi connectivity index (χ2v) is 6.83. The first-order valence-electron chi connectivity index (χ1n) is 9.02. The van der Waals surface area contributed by atoms with Crippen molar-refractivity contribution in [3.05, 3.63) is 63.2 Å². The highest BCUT2D eigenvalue weighted by Gasteiger charge is 2.37. The van der Waals surface area contributed by atoms with E-state index in [4.69, 9.17) is 5.26 Å². The number of carbonyl (C=O) groups is 1. The van der Waals surface area contributed by atoms with Gasteiger partial charge in [0, 0.05) is 55.2 Å². The Balaban J connectivity index is 1.87. The van der Waals surface area contributed by atoms with Gasteiger partial charge in [-0.1, -0.05) is 0 Å². The zero-order valence-electron chi connectivity index (χ0n) is 15.9. The van der Waals surface area contributed by atoms with Crippen LogP contribution in [0.3, 0.4) is 0 Å². The van der Waals surface area contributed by atoms with Crippen LogP contribution < -0.4 is 9.80 Å². The number of Topliss-reactive ketones (excluding diaryl/α,β-unsaturated/α-hetero) is 1. The highest BCUT2D eigenvalue weighted by molar-refractivity contribution is 6.00. The van der Waals surface area contributed by atoms with Gasteiger partial charge >= 0.3 is 6.18 Å². The largest absolute Gasteiger partial charge is 0.418 e. The lowest BCUT2D eigenvalue weighted by atomic mass is 10.0. The maximum absolute atomic E-state index is 13.5. The van der Waals surface area contributed by atoms with E-state index >= 15 is 0 Å². The minimum atomic E-state index is -4.73. The minimum absolute atomic E-state index is 0.120. The molecule has 1 heterocycles. The van der Waals surface area contributed by atoms with Gasteiger partial charge in [0.15, 0.2) is 5.78 Å². The molecular weight excluding hydrogens is 401 g/mol. The Bertz CT molecular complexity index is 1040. The molecule has 0 N–H and O–H groups in total. The summed E-state index contributed by atoms with van der Waals surface area (Å²) in [7, 11) is 0. The zero-order chi connectivity index (χ0) is 22.1. The van der Waals surface area contributed by atoms with Crippen LogP contribution in [0.25, 0.3) is 0 Å². The van der Waals surface area contributed by atoms with Crippen LogP contribution in [0, 0.1) is 21.4 Å². The zero-order valence-corrected chi connectivity index (χ0v) is 15.9. The van der Waals surface area contributed by atoms with Crippen molar-refractivity contribution < 1.29 is 22.9 Å². The summed E-state index contributed by atoms with van der Waals surface area (Å²) in [5, 5.41) is 20.0. The molecule has 0 radical (unpaired) electrons. The maximum atomic E-state index is 13.5. The summed E-state index contributed by atoms with van der Waals surface area (Å²) in [4.78, 5) is 25.3. The van der Waals surface area contributed by atoms with Gasteiger partial charge in [0.25, 0.3) is 5.69 Å². The number of ketones is 1. The molecule has 0 unspecified atom stereocenters. The number of nitro groups is 1. The number of hydrogen-bond acceptors (Lipinski definition) is 6. The van der Waals surface area contributed by atoms with Gasteiger partial charge < -0.3 is 9.80 Å². The number of hydrogen-bond donors (Lipinski definition) is 0. The number of nitro benzene ring substituents is 1. The quantitative estimate of drug-likeness (QED) is 0.423. The molecule has 0 aromatic heterocycles. The molecule has 30 heavy (non-hydrogen) atoms. The van der Waals surface area contributed by atoms with E-state index in [2.05, 4.69) is 0 Å². The number of anilines is 2. The first-order valence-corrected chi connectivity index (χ1v) is 9.02. The number of non-ortho nitro benzene ring substituents is 1. The number of piperazine rings is 1. The molecule has 0 atom stereocenters. The molecule has 0 spiro atoms. The van der Waals surface area contributed by atoms with Crippen molar-refractivity contribution in [1.29, 1.82) is 5.26 Å². The van der Waals surface area contributed by atoms with Gasteiger partial charge in [-0.05, 0) is 31.2 Å². The third kappa shape index (κ3) is 4.20. The fourth-order valence-corrected chi connectivity index (χ4v) is 3.49. The molecule has 0 aliphatic carbocycles. The van der Waals surface area contributed by atoms with Crippen LogP contribution in [-0.2, 0) is 6.18 Å². The van der Waals surface area contributed by atoms with E-state index in [0.29, 0.717) is 36.0 Å². The van der Waals surface area contributed by atoms with Crippen molar-refractivity contribution in [3.8, 4) is 6.07 Å². The highest BCUT2D eigenvalue weighted by atomic mass is 19.4. The average Bonchev–Trinajstić information content (AvgIpc) is 2.72. The monoisotopic (exact) mass is 418 g/mol. The van der Waals surface area contributed by atoms with Crippen molar-refractivity contribution in [2.45, 2.75) is 13.1 Å². The Morgan fingerprint density at radius 2 is 1.67 bits per heavy atom. The summed E-state index contributed by atoms with van der Waals surface area (Å²) in [6.45, 7) is 2.49. The fraction of sp³-hybridized carbons (Fsp3) is 0.300. The minimum Gasteiger partial charge on any atom is -0.367 e. The lowest BCUT2D eigenvalue weighted by molar-refractivity contribution is -0.385. The second kappa shape index (κ2) is 8.02. The van der Waals surface area contributed by atoms with Crippen LogP contribution in [0.1, 0.15) is 28.4 Å². The SMILES string of the molecule is CC(=O)c1ccc(C#N)cc1N1CCN(c2ccc([N+](=O)[O-])cc2C(F)(F)F)CC1. The number of nitriles is 1. The van der Waals surface area contributed by atoms with Crippen molar-refractivity contribution in [3.63, 3.8) is 0 Å². The summed E-state index contributed by atoms with van der Waals surface area (Å²) in [6, 6.07) is 9.45. The summed E-state index contributed by atoms with van der Waals surface area (Å²) in [5.41, 5.74) is -0.405. The van der Waals surface area contributed by atoms with Gasteiger partial charge in [0.2, 0.25) is 0 Å². The van der Waals surface area contributed by atoms with E-state index < -0.39 is 22.4 Å². The van der Waals surface area contributed by atoms with Gasteiger partial charge in [-0.15, -0.1) is 0 Å². The number of rotatable bonds is 4. The number of halogens is 3. The number of carbonyl (C=O) groups excluding carboxylic acids is 1. The Kier molecular flexibility index (Phi) is 5.64. The smallest absolute Gasteiger partial charge is 0.367 e. The number of nitrogens with zero attached hydrogens (tertiary/aromatic N) is 4. The molecule has 156 valence electrons.